The number of hydrogen-bond donors (Lipinski definition) is 2. The molecule has 1 heterocycles. The van der Waals surface area contributed by atoms with E-state index >= 15 is 0 Å². The fourth-order valence-corrected chi connectivity index (χ4v) is 2.00. The second kappa shape index (κ2) is 6.83. The fraction of sp³-hybridized carbons (Fsp3) is 0.909. The van der Waals surface area contributed by atoms with Crippen LogP contribution in [0.3, 0.4) is 0 Å². The lowest BCUT2D eigenvalue weighted by molar-refractivity contribution is -0.120. The Balaban J connectivity index is 2.28. The van der Waals surface area contributed by atoms with Crippen molar-refractivity contribution in [2.75, 3.05) is 32.8 Å². The molecular formula is C11H23N3O2. The number of nitrogens with zero attached hydrogens (tertiary/aromatic N) is 1. The number of carbonyl (C=O) groups is 1. The number of rotatable bonds is 6. The third kappa shape index (κ3) is 4.47. The molecule has 0 aliphatic carbocycles. The lowest BCUT2D eigenvalue weighted by atomic mass is 10.1. The van der Waals surface area contributed by atoms with E-state index in [1.54, 1.807) is 0 Å². The average molecular weight is 229 g/mol. The average Bonchev–Trinajstić information content (AvgIpc) is 2.24. The van der Waals surface area contributed by atoms with E-state index in [9.17, 15) is 4.79 Å². The number of hydrogen-bond acceptors (Lipinski definition) is 4. The molecule has 0 spiro atoms. The molecule has 94 valence electrons. The number of morpholine rings is 1. The molecule has 0 aromatic heterocycles. The maximum atomic E-state index is 11.1. The van der Waals surface area contributed by atoms with Crippen LogP contribution < -0.4 is 11.1 Å². The molecule has 5 nitrogen and oxygen atoms in total. The Morgan fingerprint density at radius 1 is 1.69 bits per heavy atom. The van der Waals surface area contributed by atoms with Crippen molar-refractivity contribution < 1.29 is 9.53 Å². The number of primary amides is 1. The summed E-state index contributed by atoms with van der Waals surface area (Å²) in [4.78, 5) is 13.5. The highest BCUT2D eigenvalue weighted by Gasteiger charge is 2.19. The smallest absolute Gasteiger partial charge is 0.234 e. The first-order valence-corrected chi connectivity index (χ1v) is 6.00. The summed E-state index contributed by atoms with van der Waals surface area (Å²) in [6.45, 7) is 8.39. The predicted molar refractivity (Wildman–Crippen MR) is 63.1 cm³/mol. The Labute approximate surface area is 97.3 Å². The first kappa shape index (κ1) is 13.4. The summed E-state index contributed by atoms with van der Waals surface area (Å²) >= 11 is 0. The molecule has 1 saturated heterocycles. The monoisotopic (exact) mass is 229 g/mol. The Bertz CT molecular complexity index is 223. The van der Waals surface area contributed by atoms with Gasteiger partial charge < -0.3 is 15.8 Å². The topological polar surface area (TPSA) is 67.6 Å². The standard InChI is InChI=1S/C11H23N3O2/c1-3-13-10(11(12)15)4-5-14-6-7-16-9(2)8-14/h9-10,13H,3-8H2,1-2H3,(H2,12,15). The van der Waals surface area contributed by atoms with Crippen molar-refractivity contribution in [3.63, 3.8) is 0 Å². The van der Waals surface area contributed by atoms with Crippen molar-refractivity contribution >= 4 is 5.91 Å². The van der Waals surface area contributed by atoms with E-state index in [1.807, 2.05) is 6.92 Å². The van der Waals surface area contributed by atoms with Crippen LogP contribution in [0.25, 0.3) is 0 Å². The van der Waals surface area contributed by atoms with E-state index in [0.29, 0.717) is 6.10 Å². The highest BCUT2D eigenvalue weighted by molar-refractivity contribution is 5.79. The SMILES string of the molecule is CCNC(CCN1CCOC(C)C1)C(N)=O. The van der Waals surface area contributed by atoms with Gasteiger partial charge >= 0.3 is 0 Å². The van der Waals surface area contributed by atoms with Gasteiger partial charge in [-0.2, -0.15) is 0 Å². The summed E-state index contributed by atoms with van der Waals surface area (Å²) in [5.74, 6) is -0.261. The highest BCUT2D eigenvalue weighted by atomic mass is 16.5. The van der Waals surface area contributed by atoms with E-state index < -0.39 is 0 Å². The van der Waals surface area contributed by atoms with Crippen LogP contribution >= 0.6 is 0 Å². The molecule has 1 aliphatic rings. The first-order valence-electron chi connectivity index (χ1n) is 6.00. The van der Waals surface area contributed by atoms with Gasteiger partial charge in [0.15, 0.2) is 0 Å². The van der Waals surface area contributed by atoms with Crippen LogP contribution in [0.15, 0.2) is 0 Å². The molecule has 1 aliphatic heterocycles. The van der Waals surface area contributed by atoms with Gasteiger partial charge in [-0.1, -0.05) is 6.92 Å². The molecule has 0 aromatic rings. The molecule has 0 saturated carbocycles. The van der Waals surface area contributed by atoms with Crippen LogP contribution in [0, 0.1) is 0 Å². The van der Waals surface area contributed by atoms with Crippen LogP contribution in [0.4, 0.5) is 0 Å². The molecule has 2 atom stereocenters. The lowest BCUT2D eigenvalue weighted by Crippen LogP contribution is -2.46. The first-order chi connectivity index (χ1) is 7.63. The zero-order chi connectivity index (χ0) is 12.0. The molecule has 0 bridgehead atoms. The van der Waals surface area contributed by atoms with Crippen molar-refractivity contribution in [2.24, 2.45) is 5.73 Å². The minimum absolute atomic E-state index is 0.205. The highest BCUT2D eigenvalue weighted by Crippen LogP contribution is 2.05. The maximum absolute atomic E-state index is 11.1. The summed E-state index contributed by atoms with van der Waals surface area (Å²) in [5, 5.41) is 3.10. The molecule has 16 heavy (non-hydrogen) atoms. The fourth-order valence-electron chi connectivity index (χ4n) is 2.00. The Morgan fingerprint density at radius 3 is 3.00 bits per heavy atom. The Hall–Kier alpha value is -0.650. The van der Waals surface area contributed by atoms with Gasteiger partial charge in [0.05, 0.1) is 18.8 Å². The van der Waals surface area contributed by atoms with E-state index in [-0.39, 0.29) is 11.9 Å². The van der Waals surface area contributed by atoms with Crippen molar-refractivity contribution in [1.82, 2.24) is 10.2 Å². The molecule has 0 radical (unpaired) electrons. The zero-order valence-electron chi connectivity index (χ0n) is 10.2. The van der Waals surface area contributed by atoms with Crippen molar-refractivity contribution in [1.29, 1.82) is 0 Å². The van der Waals surface area contributed by atoms with Gasteiger partial charge in [0.2, 0.25) is 5.91 Å². The van der Waals surface area contributed by atoms with Gasteiger partial charge in [0.1, 0.15) is 0 Å². The molecule has 5 heteroatoms. The van der Waals surface area contributed by atoms with Crippen molar-refractivity contribution in [2.45, 2.75) is 32.4 Å². The third-order valence-electron chi connectivity index (χ3n) is 2.85. The third-order valence-corrected chi connectivity index (χ3v) is 2.85. The summed E-state index contributed by atoms with van der Waals surface area (Å²) in [5.41, 5.74) is 5.32. The summed E-state index contributed by atoms with van der Waals surface area (Å²) in [6, 6.07) is -0.205. The van der Waals surface area contributed by atoms with E-state index in [2.05, 4.69) is 17.1 Å². The van der Waals surface area contributed by atoms with Crippen LogP contribution in [-0.2, 0) is 9.53 Å². The largest absolute Gasteiger partial charge is 0.376 e. The van der Waals surface area contributed by atoms with Crippen molar-refractivity contribution in [3.05, 3.63) is 0 Å². The molecular weight excluding hydrogens is 206 g/mol. The number of ether oxygens (including phenoxy) is 1. The Morgan fingerprint density at radius 2 is 2.44 bits per heavy atom. The van der Waals surface area contributed by atoms with Gasteiger partial charge in [-0.15, -0.1) is 0 Å². The minimum atomic E-state index is -0.261. The normalized spacial score (nSPS) is 24.2. The van der Waals surface area contributed by atoms with E-state index in [4.69, 9.17) is 10.5 Å². The van der Waals surface area contributed by atoms with Crippen LogP contribution in [0.5, 0.6) is 0 Å². The number of carbonyl (C=O) groups excluding carboxylic acids is 1. The summed E-state index contributed by atoms with van der Waals surface area (Å²) < 4.78 is 5.46. The molecule has 3 N–H and O–H groups in total. The number of likely N-dealkylation sites (N-methyl/N-ethyl adjacent to an activating group) is 1. The number of amides is 1. The van der Waals surface area contributed by atoms with Crippen LogP contribution in [0.1, 0.15) is 20.3 Å². The molecule has 1 fully saturated rings. The quantitative estimate of drug-likeness (QED) is 0.648. The van der Waals surface area contributed by atoms with E-state index in [1.165, 1.54) is 0 Å². The van der Waals surface area contributed by atoms with Crippen LogP contribution in [0.2, 0.25) is 0 Å². The number of nitrogens with one attached hydrogen (secondary N) is 1. The molecule has 1 rings (SSSR count). The minimum Gasteiger partial charge on any atom is -0.376 e. The van der Waals surface area contributed by atoms with Crippen molar-refractivity contribution in [3.8, 4) is 0 Å². The second-order valence-electron chi connectivity index (χ2n) is 4.28. The predicted octanol–water partition coefficient (Wildman–Crippen LogP) is -0.439. The second-order valence-corrected chi connectivity index (χ2v) is 4.28. The van der Waals surface area contributed by atoms with E-state index in [0.717, 1.165) is 39.2 Å². The molecule has 0 aromatic carbocycles. The maximum Gasteiger partial charge on any atom is 0.234 e. The molecule has 1 amide bonds. The van der Waals surface area contributed by atoms with Gasteiger partial charge in [-0.3, -0.25) is 9.69 Å². The summed E-state index contributed by atoms with van der Waals surface area (Å²) in [7, 11) is 0. The van der Waals surface area contributed by atoms with Gasteiger partial charge in [-0.05, 0) is 19.9 Å². The number of nitrogens with two attached hydrogens (primary N) is 1. The van der Waals surface area contributed by atoms with Gasteiger partial charge in [0.25, 0.3) is 0 Å². The van der Waals surface area contributed by atoms with Crippen LogP contribution in [-0.4, -0.2) is 55.7 Å². The van der Waals surface area contributed by atoms with Gasteiger partial charge in [0, 0.05) is 19.6 Å². The summed E-state index contributed by atoms with van der Waals surface area (Å²) in [6.07, 6.45) is 1.07. The zero-order valence-corrected chi connectivity index (χ0v) is 10.2. The van der Waals surface area contributed by atoms with Gasteiger partial charge in [-0.25, -0.2) is 0 Å². The Kier molecular flexibility index (Phi) is 5.73. The molecule has 2 unspecified atom stereocenters. The lowest BCUT2D eigenvalue weighted by Gasteiger charge is -2.31.